The normalized spacial score (nSPS) is 15.8. The summed E-state index contributed by atoms with van der Waals surface area (Å²) in [5.74, 6) is -0.837. The number of ether oxygens (including phenoxy) is 1. The van der Waals surface area contributed by atoms with E-state index in [-0.39, 0.29) is 24.7 Å². The van der Waals surface area contributed by atoms with Crippen molar-refractivity contribution < 1.29 is 19.1 Å². The second kappa shape index (κ2) is 7.35. The Morgan fingerprint density at radius 1 is 1.21 bits per heavy atom. The van der Waals surface area contributed by atoms with Crippen molar-refractivity contribution in [3.05, 3.63) is 58.4 Å². The Kier molecular flexibility index (Phi) is 4.86. The molecular formula is C23H24N2O4. The van der Waals surface area contributed by atoms with Crippen molar-refractivity contribution in [1.29, 1.82) is 0 Å². The maximum absolute atomic E-state index is 12.4. The number of likely N-dealkylation sites (N-methyl/N-ethyl adjacent to an activating group) is 1. The summed E-state index contributed by atoms with van der Waals surface area (Å²) in [4.78, 5) is 37.8. The number of anilines is 1. The summed E-state index contributed by atoms with van der Waals surface area (Å²) >= 11 is 0. The van der Waals surface area contributed by atoms with Crippen LogP contribution in [0.2, 0.25) is 0 Å². The number of hydrogen-bond acceptors (Lipinski definition) is 4. The predicted octanol–water partition coefficient (Wildman–Crippen LogP) is 3.40. The zero-order chi connectivity index (χ0) is 20.7. The number of benzene rings is 1. The van der Waals surface area contributed by atoms with E-state index in [2.05, 4.69) is 24.5 Å². The number of aryl methyl sites for hydroxylation is 1. The van der Waals surface area contributed by atoms with Gasteiger partial charge in [-0.2, -0.15) is 0 Å². The molecule has 0 spiro atoms. The molecule has 1 saturated carbocycles. The van der Waals surface area contributed by atoms with Crippen molar-refractivity contribution in [3.63, 3.8) is 0 Å². The van der Waals surface area contributed by atoms with Crippen molar-refractivity contribution in [1.82, 2.24) is 4.57 Å². The van der Waals surface area contributed by atoms with E-state index >= 15 is 0 Å². The number of aromatic nitrogens is 1. The molecule has 1 amide bonds. The van der Waals surface area contributed by atoms with Crippen LogP contribution in [0.15, 0.2) is 30.3 Å². The SMILES string of the molecule is Cc1cc(/C=C/C(=O)OCC(=O)c2ccc3c(c2)CC(=O)N3C)c(C)n1C1CC1. The summed E-state index contributed by atoms with van der Waals surface area (Å²) < 4.78 is 7.43. The van der Waals surface area contributed by atoms with E-state index in [1.165, 1.54) is 24.6 Å². The number of rotatable bonds is 6. The van der Waals surface area contributed by atoms with Crippen molar-refractivity contribution in [2.45, 2.75) is 39.2 Å². The molecule has 0 atom stereocenters. The van der Waals surface area contributed by atoms with E-state index < -0.39 is 5.97 Å². The first kappa shape index (κ1) is 19.2. The van der Waals surface area contributed by atoms with Crippen LogP contribution in [0.1, 0.15) is 51.8 Å². The monoisotopic (exact) mass is 392 g/mol. The highest BCUT2D eigenvalue weighted by Crippen LogP contribution is 2.38. The number of esters is 1. The van der Waals surface area contributed by atoms with Gasteiger partial charge in [0.1, 0.15) is 0 Å². The van der Waals surface area contributed by atoms with Crippen molar-refractivity contribution in [2.24, 2.45) is 0 Å². The minimum Gasteiger partial charge on any atom is -0.454 e. The minimum atomic E-state index is -0.550. The average molecular weight is 392 g/mol. The van der Waals surface area contributed by atoms with Gasteiger partial charge in [-0.15, -0.1) is 0 Å². The molecule has 0 unspecified atom stereocenters. The van der Waals surface area contributed by atoms with Crippen LogP contribution < -0.4 is 4.90 Å². The summed E-state index contributed by atoms with van der Waals surface area (Å²) in [6.45, 7) is 3.80. The number of carbonyl (C=O) groups is 3. The number of amides is 1. The Labute approximate surface area is 169 Å². The van der Waals surface area contributed by atoms with E-state index in [4.69, 9.17) is 4.74 Å². The minimum absolute atomic E-state index is 0.00205. The van der Waals surface area contributed by atoms with Crippen LogP contribution in [0.4, 0.5) is 5.69 Å². The molecule has 0 radical (unpaired) electrons. The molecule has 2 aliphatic rings. The second-order valence-electron chi connectivity index (χ2n) is 7.76. The first-order valence-corrected chi connectivity index (χ1v) is 9.81. The largest absolute Gasteiger partial charge is 0.454 e. The van der Waals surface area contributed by atoms with E-state index in [1.807, 2.05) is 0 Å². The Bertz CT molecular complexity index is 1040. The zero-order valence-corrected chi connectivity index (χ0v) is 16.9. The van der Waals surface area contributed by atoms with Crippen LogP contribution in [-0.2, 0) is 20.7 Å². The Hall–Kier alpha value is -3.15. The molecule has 150 valence electrons. The molecule has 6 heteroatoms. The molecule has 0 bridgehead atoms. The Morgan fingerprint density at radius 2 is 1.97 bits per heavy atom. The zero-order valence-electron chi connectivity index (χ0n) is 16.9. The van der Waals surface area contributed by atoms with Crippen LogP contribution in [-0.4, -0.2) is 35.9 Å². The number of hydrogen-bond donors (Lipinski definition) is 0. The lowest BCUT2D eigenvalue weighted by molar-refractivity contribution is -0.136. The van der Waals surface area contributed by atoms with Gasteiger partial charge in [-0.05, 0) is 68.2 Å². The molecule has 1 aromatic carbocycles. The summed E-state index contributed by atoms with van der Waals surface area (Å²) in [5.41, 5.74) is 5.40. The van der Waals surface area contributed by atoms with Gasteiger partial charge in [-0.3, -0.25) is 9.59 Å². The van der Waals surface area contributed by atoms with Crippen LogP contribution >= 0.6 is 0 Å². The number of ketones is 1. The lowest BCUT2D eigenvalue weighted by Gasteiger charge is -2.10. The van der Waals surface area contributed by atoms with Gasteiger partial charge in [0, 0.05) is 41.8 Å². The van der Waals surface area contributed by atoms with E-state index in [0.29, 0.717) is 11.6 Å². The van der Waals surface area contributed by atoms with E-state index in [0.717, 1.165) is 22.5 Å². The molecule has 1 aromatic heterocycles. The molecular weight excluding hydrogens is 368 g/mol. The maximum atomic E-state index is 12.4. The number of Topliss-reactive ketones (excluding diaryl/α,β-unsaturated/α-hetero) is 1. The standard InChI is InChI=1S/C23H24N2O4/c1-14-10-16(15(2)25(14)19-6-7-19)5-9-23(28)29-13-21(26)17-4-8-20-18(11-17)12-22(27)24(20)3/h4-5,8-11,19H,6-7,12-13H2,1-3H3/b9-5+. The first-order chi connectivity index (χ1) is 13.8. The van der Waals surface area contributed by atoms with Gasteiger partial charge >= 0.3 is 5.97 Å². The fourth-order valence-corrected chi connectivity index (χ4v) is 3.94. The fraction of sp³-hybridized carbons (Fsp3) is 0.348. The molecule has 1 aliphatic heterocycles. The topological polar surface area (TPSA) is 68.6 Å². The summed E-state index contributed by atoms with van der Waals surface area (Å²) in [6, 6.07) is 7.77. The van der Waals surface area contributed by atoms with Crippen molar-refractivity contribution in [2.75, 3.05) is 18.6 Å². The summed E-state index contributed by atoms with van der Waals surface area (Å²) in [5, 5.41) is 0. The van der Waals surface area contributed by atoms with Crippen LogP contribution in [0, 0.1) is 13.8 Å². The molecule has 29 heavy (non-hydrogen) atoms. The first-order valence-electron chi connectivity index (χ1n) is 9.81. The number of nitrogens with zero attached hydrogens (tertiary/aromatic N) is 2. The lowest BCUT2D eigenvalue weighted by atomic mass is 10.1. The Balaban J connectivity index is 1.36. The average Bonchev–Trinajstić information content (AvgIpc) is 3.43. The van der Waals surface area contributed by atoms with Gasteiger partial charge in [-0.1, -0.05) is 0 Å². The summed E-state index contributed by atoms with van der Waals surface area (Å²) in [7, 11) is 1.71. The van der Waals surface area contributed by atoms with Gasteiger partial charge < -0.3 is 14.2 Å². The third-order valence-electron chi connectivity index (χ3n) is 5.66. The molecule has 1 fully saturated rings. The molecule has 1 aliphatic carbocycles. The maximum Gasteiger partial charge on any atom is 0.331 e. The highest BCUT2D eigenvalue weighted by Gasteiger charge is 2.27. The third-order valence-corrected chi connectivity index (χ3v) is 5.66. The van der Waals surface area contributed by atoms with Gasteiger partial charge in [0.2, 0.25) is 5.91 Å². The van der Waals surface area contributed by atoms with Crippen LogP contribution in [0.5, 0.6) is 0 Å². The number of carbonyl (C=O) groups excluding carboxylic acids is 3. The van der Waals surface area contributed by atoms with Gasteiger partial charge in [0.25, 0.3) is 0 Å². The lowest BCUT2D eigenvalue weighted by Crippen LogP contribution is -2.20. The third kappa shape index (κ3) is 3.75. The summed E-state index contributed by atoms with van der Waals surface area (Å²) in [6.07, 6.45) is 5.80. The fourth-order valence-electron chi connectivity index (χ4n) is 3.94. The van der Waals surface area contributed by atoms with Gasteiger partial charge in [0.15, 0.2) is 12.4 Å². The van der Waals surface area contributed by atoms with Gasteiger partial charge in [-0.25, -0.2) is 4.79 Å². The van der Waals surface area contributed by atoms with E-state index in [1.54, 1.807) is 36.2 Å². The van der Waals surface area contributed by atoms with Gasteiger partial charge in [0.05, 0.1) is 6.42 Å². The van der Waals surface area contributed by atoms with Crippen LogP contribution in [0.3, 0.4) is 0 Å². The molecule has 2 heterocycles. The van der Waals surface area contributed by atoms with Crippen LogP contribution in [0.25, 0.3) is 6.08 Å². The molecule has 2 aromatic rings. The molecule has 4 rings (SSSR count). The highest BCUT2D eigenvalue weighted by molar-refractivity contribution is 6.04. The second-order valence-corrected chi connectivity index (χ2v) is 7.76. The molecule has 0 N–H and O–H groups in total. The van der Waals surface area contributed by atoms with E-state index in [9.17, 15) is 14.4 Å². The molecule has 6 nitrogen and oxygen atoms in total. The Morgan fingerprint density at radius 3 is 2.69 bits per heavy atom. The quantitative estimate of drug-likeness (QED) is 0.429. The highest BCUT2D eigenvalue weighted by atomic mass is 16.5. The predicted molar refractivity (Wildman–Crippen MR) is 110 cm³/mol. The van der Waals surface area contributed by atoms with Crippen molar-refractivity contribution in [3.8, 4) is 0 Å². The van der Waals surface area contributed by atoms with Crippen molar-refractivity contribution >= 4 is 29.4 Å². The molecule has 0 saturated heterocycles. The number of fused-ring (bicyclic) bond motifs is 1. The smallest absolute Gasteiger partial charge is 0.331 e.